The number of allylic oxidation sites excluding steroid dienone is 1. The number of hydrogen-bond acceptors (Lipinski definition) is 4. The number of ether oxygens (including phenoxy) is 1. The molecule has 0 unspecified atom stereocenters. The van der Waals surface area contributed by atoms with Gasteiger partial charge in [0.25, 0.3) is 0 Å². The normalized spacial score (nSPS) is 26.6. The van der Waals surface area contributed by atoms with E-state index in [0.29, 0.717) is 12.2 Å². The first kappa shape index (κ1) is 17.2. The minimum absolute atomic E-state index is 0.00959. The Morgan fingerprint density at radius 1 is 1.36 bits per heavy atom. The van der Waals surface area contributed by atoms with Crippen LogP contribution < -0.4 is 4.74 Å². The Labute approximate surface area is 146 Å². The molecule has 0 saturated carbocycles. The van der Waals surface area contributed by atoms with Crippen LogP contribution in [0.3, 0.4) is 0 Å². The number of aliphatic hydroxyl groups excluding tert-OH is 1. The molecule has 6 heteroatoms. The summed E-state index contributed by atoms with van der Waals surface area (Å²) in [5.41, 5.74) is 0.598. The number of fused-ring (bicyclic) bond motifs is 1. The molecule has 0 aromatic heterocycles. The summed E-state index contributed by atoms with van der Waals surface area (Å²) in [6.45, 7) is 3.74. The van der Waals surface area contributed by atoms with Gasteiger partial charge in [0.05, 0.1) is 18.1 Å². The zero-order valence-corrected chi connectivity index (χ0v) is 14.1. The number of carboxylic acid groups (broad SMARTS) is 1. The molecule has 1 aromatic carbocycles. The van der Waals surface area contributed by atoms with Crippen LogP contribution in [-0.4, -0.2) is 45.7 Å². The van der Waals surface area contributed by atoms with Gasteiger partial charge < -0.3 is 19.8 Å². The topological polar surface area (TPSA) is 87.1 Å². The first-order valence-corrected chi connectivity index (χ1v) is 8.26. The highest BCUT2D eigenvalue weighted by Gasteiger charge is 2.59. The number of aliphatic carboxylic acids is 1. The number of β-lactam (4-membered cyclic amide) rings is 1. The monoisotopic (exact) mass is 343 g/mol. The first-order chi connectivity index (χ1) is 11.9. The van der Waals surface area contributed by atoms with E-state index in [1.54, 1.807) is 19.1 Å². The van der Waals surface area contributed by atoms with Crippen LogP contribution in [0.1, 0.15) is 13.8 Å². The second kappa shape index (κ2) is 6.72. The second-order valence-corrected chi connectivity index (χ2v) is 6.39. The summed E-state index contributed by atoms with van der Waals surface area (Å²) >= 11 is 0. The van der Waals surface area contributed by atoms with E-state index in [4.69, 9.17) is 4.74 Å². The van der Waals surface area contributed by atoms with Crippen molar-refractivity contribution in [3.63, 3.8) is 0 Å². The summed E-state index contributed by atoms with van der Waals surface area (Å²) < 4.78 is 5.57. The highest BCUT2D eigenvalue weighted by molar-refractivity contribution is 6.00. The van der Waals surface area contributed by atoms with Gasteiger partial charge in [-0.2, -0.15) is 0 Å². The van der Waals surface area contributed by atoms with Crippen molar-refractivity contribution in [2.75, 3.05) is 6.61 Å². The molecule has 4 atom stereocenters. The highest BCUT2D eigenvalue weighted by atomic mass is 16.5. The van der Waals surface area contributed by atoms with Crippen molar-refractivity contribution in [2.45, 2.75) is 26.0 Å². The SMILES string of the molecule is C[C@@H](O)[C@H]1C(=O)N2C(C(=O)O)=C(/C=C/COc3ccccc3)[C@H](C)[C@H]12. The minimum Gasteiger partial charge on any atom is -0.490 e. The second-order valence-electron chi connectivity index (χ2n) is 6.39. The lowest BCUT2D eigenvalue weighted by atomic mass is 9.78. The van der Waals surface area contributed by atoms with Crippen LogP contribution in [0, 0.1) is 11.8 Å². The van der Waals surface area contributed by atoms with Gasteiger partial charge in [-0.3, -0.25) is 4.79 Å². The van der Waals surface area contributed by atoms with E-state index in [2.05, 4.69) is 0 Å². The van der Waals surface area contributed by atoms with Crippen LogP contribution in [0.2, 0.25) is 0 Å². The number of aliphatic hydroxyl groups is 1. The Morgan fingerprint density at radius 3 is 2.64 bits per heavy atom. The van der Waals surface area contributed by atoms with Crippen LogP contribution >= 0.6 is 0 Å². The molecule has 25 heavy (non-hydrogen) atoms. The van der Waals surface area contributed by atoms with Gasteiger partial charge in [0.2, 0.25) is 5.91 Å². The molecule has 0 bridgehead atoms. The smallest absolute Gasteiger partial charge is 0.352 e. The van der Waals surface area contributed by atoms with Gasteiger partial charge in [-0.05, 0) is 30.7 Å². The van der Waals surface area contributed by atoms with Crippen molar-refractivity contribution in [1.29, 1.82) is 0 Å². The average Bonchev–Trinajstić information content (AvgIpc) is 2.81. The molecular weight excluding hydrogens is 322 g/mol. The van der Waals surface area contributed by atoms with Crippen molar-refractivity contribution in [3.8, 4) is 5.75 Å². The minimum atomic E-state index is -1.13. The first-order valence-electron chi connectivity index (χ1n) is 8.26. The van der Waals surface area contributed by atoms with Crippen molar-refractivity contribution < 1.29 is 24.5 Å². The lowest BCUT2D eigenvalue weighted by molar-refractivity contribution is -0.163. The number of carboxylic acids is 1. The van der Waals surface area contributed by atoms with E-state index in [1.807, 2.05) is 37.3 Å². The van der Waals surface area contributed by atoms with Crippen LogP contribution in [0.25, 0.3) is 0 Å². The Kier molecular flexibility index (Phi) is 4.63. The number of carbonyl (C=O) groups is 2. The van der Waals surface area contributed by atoms with Gasteiger partial charge in [0, 0.05) is 5.92 Å². The fraction of sp³-hybridized carbons (Fsp3) is 0.368. The molecule has 1 saturated heterocycles. The molecule has 0 spiro atoms. The van der Waals surface area contributed by atoms with E-state index in [0.717, 1.165) is 5.75 Å². The maximum absolute atomic E-state index is 12.2. The summed E-state index contributed by atoms with van der Waals surface area (Å²) in [5.74, 6) is -1.43. The van der Waals surface area contributed by atoms with E-state index >= 15 is 0 Å². The van der Waals surface area contributed by atoms with Gasteiger partial charge in [-0.25, -0.2) is 4.79 Å². The Bertz CT molecular complexity index is 737. The predicted molar refractivity (Wildman–Crippen MR) is 90.7 cm³/mol. The fourth-order valence-electron chi connectivity index (χ4n) is 3.65. The number of hydrogen-bond donors (Lipinski definition) is 2. The maximum Gasteiger partial charge on any atom is 0.352 e. The Hall–Kier alpha value is -2.60. The third kappa shape index (κ3) is 2.93. The van der Waals surface area contributed by atoms with Gasteiger partial charge in [0.1, 0.15) is 18.1 Å². The van der Waals surface area contributed by atoms with Crippen molar-refractivity contribution in [1.82, 2.24) is 4.90 Å². The van der Waals surface area contributed by atoms with E-state index in [1.165, 1.54) is 4.90 Å². The van der Waals surface area contributed by atoms with Gasteiger partial charge in [-0.15, -0.1) is 0 Å². The number of benzene rings is 1. The number of carbonyl (C=O) groups excluding carboxylic acids is 1. The van der Waals surface area contributed by atoms with Crippen molar-refractivity contribution in [3.05, 3.63) is 53.8 Å². The molecule has 1 amide bonds. The molecule has 1 aromatic rings. The van der Waals surface area contributed by atoms with E-state index in [9.17, 15) is 19.8 Å². The molecule has 2 heterocycles. The molecule has 2 aliphatic heterocycles. The molecule has 0 aliphatic carbocycles. The van der Waals surface area contributed by atoms with Crippen LogP contribution in [0.15, 0.2) is 53.8 Å². The molecular formula is C19H21NO5. The van der Waals surface area contributed by atoms with E-state index < -0.39 is 18.0 Å². The molecule has 2 aliphatic rings. The highest BCUT2D eigenvalue weighted by Crippen LogP contribution is 2.47. The summed E-state index contributed by atoms with van der Waals surface area (Å²) in [6, 6.07) is 9.02. The number of para-hydroxylation sites is 1. The van der Waals surface area contributed by atoms with Crippen molar-refractivity contribution in [2.24, 2.45) is 11.8 Å². The summed E-state index contributed by atoms with van der Waals surface area (Å²) in [6.07, 6.45) is 2.66. The lowest BCUT2D eigenvalue weighted by Gasteiger charge is -2.46. The number of amides is 1. The average molecular weight is 343 g/mol. The molecule has 132 valence electrons. The molecule has 0 radical (unpaired) electrons. The summed E-state index contributed by atoms with van der Waals surface area (Å²) in [7, 11) is 0. The Morgan fingerprint density at radius 2 is 2.04 bits per heavy atom. The van der Waals surface area contributed by atoms with Gasteiger partial charge in [-0.1, -0.05) is 31.2 Å². The van der Waals surface area contributed by atoms with Crippen LogP contribution in [0.4, 0.5) is 0 Å². The quantitative estimate of drug-likeness (QED) is 0.770. The molecule has 6 nitrogen and oxygen atoms in total. The summed E-state index contributed by atoms with van der Waals surface area (Å²) in [5, 5.41) is 19.3. The largest absolute Gasteiger partial charge is 0.490 e. The number of nitrogens with zero attached hydrogens (tertiary/aromatic N) is 1. The molecule has 1 fully saturated rings. The van der Waals surface area contributed by atoms with Crippen LogP contribution in [-0.2, 0) is 9.59 Å². The van der Waals surface area contributed by atoms with E-state index in [-0.39, 0.29) is 23.6 Å². The standard InChI is InChI=1S/C19H21NO5/c1-11-14(9-6-10-25-13-7-4-3-5-8-13)17(19(23)24)20-16(11)15(12(2)21)18(20)22/h3-9,11-12,15-16,21H,10H2,1-2H3,(H,23,24)/b9-6+/t11-,12+,15+,16+/m0/s1. The lowest BCUT2D eigenvalue weighted by Crippen LogP contribution is -2.63. The van der Waals surface area contributed by atoms with Crippen molar-refractivity contribution >= 4 is 11.9 Å². The predicted octanol–water partition coefficient (Wildman–Crippen LogP) is 1.82. The fourth-order valence-corrected chi connectivity index (χ4v) is 3.65. The van der Waals surface area contributed by atoms with Crippen LogP contribution in [0.5, 0.6) is 5.75 Å². The summed E-state index contributed by atoms with van der Waals surface area (Å²) in [4.78, 5) is 25.2. The molecule has 2 N–H and O–H groups in total. The van der Waals surface area contributed by atoms with Gasteiger partial charge >= 0.3 is 5.97 Å². The third-order valence-corrected chi connectivity index (χ3v) is 4.81. The number of rotatable bonds is 6. The maximum atomic E-state index is 12.2. The third-order valence-electron chi connectivity index (χ3n) is 4.81. The van der Waals surface area contributed by atoms with Gasteiger partial charge in [0.15, 0.2) is 0 Å². The Balaban J connectivity index is 1.76. The molecule has 3 rings (SSSR count). The zero-order chi connectivity index (χ0) is 18.1. The zero-order valence-electron chi connectivity index (χ0n) is 14.1.